The molecule has 0 unspecified atom stereocenters. The van der Waals surface area contributed by atoms with E-state index in [0.29, 0.717) is 0 Å². The molecule has 6 heteroatoms. The predicted octanol–water partition coefficient (Wildman–Crippen LogP) is 1.65. The van der Waals surface area contributed by atoms with Crippen molar-refractivity contribution in [3.8, 4) is 0 Å². The number of hydrogen-bond donors (Lipinski definition) is 2. The molecule has 0 saturated carbocycles. The van der Waals surface area contributed by atoms with Crippen LogP contribution in [0, 0.1) is 5.41 Å². The van der Waals surface area contributed by atoms with Crippen LogP contribution in [0.1, 0.15) is 26.7 Å². The van der Waals surface area contributed by atoms with Crippen molar-refractivity contribution in [2.24, 2.45) is 5.41 Å². The molecule has 0 saturated heterocycles. The van der Waals surface area contributed by atoms with Crippen LogP contribution in [0.3, 0.4) is 0 Å². The quantitative estimate of drug-likeness (QED) is 0.410. The molecule has 0 aliphatic carbocycles. The van der Waals surface area contributed by atoms with Gasteiger partial charge in [-0.1, -0.05) is 20.3 Å². The second-order valence-corrected chi connectivity index (χ2v) is 3.11. The average Bonchev–Trinajstić information content (AvgIpc) is 2.09. The molecule has 0 rings (SSSR count). The van der Waals surface area contributed by atoms with Gasteiger partial charge in [0.2, 0.25) is 0 Å². The van der Waals surface area contributed by atoms with Gasteiger partial charge in [0.05, 0.1) is 13.2 Å². The molecule has 0 heterocycles. The topological polar surface area (TPSA) is 76.0 Å². The van der Waals surface area contributed by atoms with Crippen LogP contribution in [-0.4, -0.2) is 23.7 Å². The van der Waals surface area contributed by atoms with Gasteiger partial charge in [-0.3, -0.25) is 10.5 Å². The van der Waals surface area contributed by atoms with Gasteiger partial charge in [0.1, 0.15) is 0 Å². The minimum atomic E-state index is -0.293. The summed E-state index contributed by atoms with van der Waals surface area (Å²) in [6.07, 6.45) is 1.80. The number of rotatable bonds is 6. The number of hydrogen-bond acceptors (Lipinski definition) is 5. The van der Waals surface area contributed by atoms with Crippen molar-refractivity contribution in [3.05, 3.63) is 0 Å². The summed E-state index contributed by atoms with van der Waals surface area (Å²) in [5.74, 6) is 0. The minimum absolute atomic E-state index is 0.182. The third-order valence-electron chi connectivity index (χ3n) is 1.68. The van der Waals surface area contributed by atoms with Crippen molar-refractivity contribution in [1.29, 1.82) is 0 Å². The maximum absolute atomic E-state index is 8.25. The molecule has 5 nitrogen and oxygen atoms in total. The molecule has 0 aromatic heterocycles. The Hall–Kier alpha value is 0.354. The summed E-state index contributed by atoms with van der Waals surface area (Å²) in [5, 5.41) is 16.4. The fourth-order valence-electron chi connectivity index (χ4n) is 1.10. The van der Waals surface area contributed by atoms with Crippen molar-refractivity contribution < 1.29 is 44.0 Å². The van der Waals surface area contributed by atoms with Crippen molar-refractivity contribution in [1.82, 2.24) is 0 Å². The zero-order valence-electron chi connectivity index (χ0n) is 7.95. The van der Waals surface area contributed by atoms with E-state index in [1.807, 2.05) is 13.8 Å². The fourth-order valence-corrected chi connectivity index (χ4v) is 1.10. The summed E-state index contributed by atoms with van der Waals surface area (Å²) < 4.78 is 8.25. The van der Waals surface area contributed by atoms with Crippen molar-refractivity contribution in [2.45, 2.75) is 26.7 Å². The molecule has 0 aromatic carbocycles. The van der Waals surface area contributed by atoms with Crippen LogP contribution >= 0.6 is 0 Å². The Kier molecular flexibility index (Phi) is 12.7. The average molecular weight is 228 g/mol. The third-order valence-corrected chi connectivity index (χ3v) is 1.68. The molecule has 0 atom stereocenters. The van der Waals surface area contributed by atoms with E-state index in [1.165, 1.54) is 0 Å². The molecule has 0 radical (unpaired) electrons. The third kappa shape index (κ3) is 8.68. The van der Waals surface area contributed by atoms with E-state index >= 15 is 0 Å². The Bertz CT molecular complexity index is 94.0. The van der Waals surface area contributed by atoms with Gasteiger partial charge >= 0.3 is 23.7 Å². The van der Waals surface area contributed by atoms with Crippen LogP contribution in [0.4, 0.5) is 0 Å². The SMILES string of the molecule is CCCC(C)(COO)COO.[O]=[Ti]. The molecule has 13 heavy (non-hydrogen) atoms. The Morgan fingerprint density at radius 1 is 1.23 bits per heavy atom. The maximum atomic E-state index is 8.25. The molecular weight excluding hydrogens is 212 g/mol. The first-order valence-corrected chi connectivity index (χ1v) is 4.55. The molecule has 0 fully saturated rings. The summed E-state index contributed by atoms with van der Waals surface area (Å²) in [4.78, 5) is 8.04. The van der Waals surface area contributed by atoms with Crippen LogP contribution in [-0.2, 0) is 33.5 Å². The monoisotopic (exact) mass is 228 g/mol. The molecule has 0 aliphatic rings. The summed E-state index contributed by atoms with van der Waals surface area (Å²) in [6, 6.07) is 0. The van der Waals surface area contributed by atoms with Gasteiger partial charge < -0.3 is 0 Å². The predicted molar refractivity (Wildman–Crippen MR) is 40.9 cm³/mol. The van der Waals surface area contributed by atoms with E-state index in [1.54, 1.807) is 0 Å². The first kappa shape index (κ1) is 15.8. The molecule has 0 amide bonds. The van der Waals surface area contributed by atoms with Crippen LogP contribution in [0.15, 0.2) is 0 Å². The van der Waals surface area contributed by atoms with Gasteiger partial charge in [-0.05, 0) is 6.42 Å². The van der Waals surface area contributed by atoms with Gasteiger partial charge in [0.15, 0.2) is 0 Å². The molecule has 78 valence electrons. The molecular formula is C7H16O5Ti. The Morgan fingerprint density at radius 2 is 1.62 bits per heavy atom. The summed E-state index contributed by atoms with van der Waals surface area (Å²) in [6.45, 7) is 4.26. The molecule has 0 spiro atoms. The van der Waals surface area contributed by atoms with Gasteiger partial charge in [-0.25, -0.2) is 9.78 Å². The second-order valence-electron chi connectivity index (χ2n) is 3.11. The van der Waals surface area contributed by atoms with Crippen molar-refractivity contribution in [2.75, 3.05) is 13.2 Å². The summed E-state index contributed by atoms with van der Waals surface area (Å²) in [7, 11) is 0. The first-order chi connectivity index (χ1) is 6.18. The molecule has 2 N–H and O–H groups in total. The van der Waals surface area contributed by atoms with E-state index in [9.17, 15) is 0 Å². The summed E-state index contributed by atoms with van der Waals surface area (Å²) in [5.41, 5.74) is -0.293. The molecule has 0 aromatic rings. The zero-order chi connectivity index (χ0) is 10.7. The van der Waals surface area contributed by atoms with Gasteiger partial charge in [0, 0.05) is 5.41 Å². The van der Waals surface area contributed by atoms with E-state index in [2.05, 4.69) is 9.78 Å². The van der Waals surface area contributed by atoms with Crippen molar-refractivity contribution >= 4 is 0 Å². The Balaban J connectivity index is 0. The molecule has 0 aliphatic heterocycles. The second kappa shape index (κ2) is 10.4. The van der Waals surface area contributed by atoms with Crippen LogP contribution in [0.5, 0.6) is 0 Å². The standard InChI is InChI=1S/C7H16O4.O.Ti/c1-3-4-7(2,5-10-8)6-11-9;;/h8-9H,3-6H2,1-2H3;;. The van der Waals surface area contributed by atoms with Crippen LogP contribution in [0.25, 0.3) is 0 Å². The van der Waals surface area contributed by atoms with Crippen LogP contribution < -0.4 is 0 Å². The van der Waals surface area contributed by atoms with E-state index in [4.69, 9.17) is 13.8 Å². The van der Waals surface area contributed by atoms with E-state index in [0.717, 1.165) is 33.2 Å². The Morgan fingerprint density at radius 3 is 1.85 bits per heavy atom. The van der Waals surface area contributed by atoms with Gasteiger partial charge in [-0.15, -0.1) is 0 Å². The Labute approximate surface area is 89.6 Å². The normalized spacial score (nSPS) is 10.4. The molecule has 0 bridgehead atoms. The van der Waals surface area contributed by atoms with E-state index < -0.39 is 0 Å². The first-order valence-electron chi connectivity index (χ1n) is 3.91. The van der Waals surface area contributed by atoms with Gasteiger partial charge in [-0.2, -0.15) is 0 Å². The summed E-state index contributed by atoms with van der Waals surface area (Å²) >= 11 is 0.750. The van der Waals surface area contributed by atoms with Crippen molar-refractivity contribution in [3.63, 3.8) is 0 Å². The fraction of sp³-hybridized carbons (Fsp3) is 1.00. The van der Waals surface area contributed by atoms with Crippen LogP contribution in [0.2, 0.25) is 0 Å². The van der Waals surface area contributed by atoms with Gasteiger partial charge in [0.25, 0.3) is 0 Å². The zero-order valence-corrected chi connectivity index (χ0v) is 9.51. The van der Waals surface area contributed by atoms with E-state index in [-0.39, 0.29) is 18.6 Å².